The van der Waals surface area contributed by atoms with Gasteiger partial charge >= 0.3 is 6.09 Å². The molecule has 0 aromatic heterocycles. The van der Waals surface area contributed by atoms with Crippen molar-refractivity contribution in [3.05, 3.63) is 35.4 Å². The maximum Gasteiger partial charge on any atom is 0.407 e. The van der Waals surface area contributed by atoms with E-state index >= 15 is 0 Å². The van der Waals surface area contributed by atoms with Crippen LogP contribution in [0, 0.1) is 11.3 Å². The van der Waals surface area contributed by atoms with Crippen molar-refractivity contribution in [1.82, 2.24) is 5.32 Å². The van der Waals surface area contributed by atoms with Crippen LogP contribution >= 0.6 is 0 Å². The molecule has 4 nitrogen and oxygen atoms in total. The summed E-state index contributed by atoms with van der Waals surface area (Å²) in [6.45, 7) is 3.99. The van der Waals surface area contributed by atoms with E-state index in [0.717, 1.165) is 5.56 Å². The lowest BCUT2D eigenvalue weighted by Gasteiger charge is -2.09. The minimum absolute atomic E-state index is 0.124. The predicted molar refractivity (Wildman–Crippen MR) is 59.6 cm³/mol. The van der Waals surface area contributed by atoms with E-state index in [1.54, 1.807) is 38.1 Å². The molecule has 0 aliphatic heterocycles. The van der Waals surface area contributed by atoms with Gasteiger partial charge in [0, 0.05) is 6.54 Å². The normalized spacial score (nSPS) is 9.62. The lowest BCUT2D eigenvalue weighted by atomic mass is 10.1. The van der Waals surface area contributed by atoms with Crippen LogP contribution in [0.2, 0.25) is 0 Å². The molecule has 1 amide bonds. The van der Waals surface area contributed by atoms with Crippen molar-refractivity contribution >= 4 is 6.09 Å². The second-order valence-electron chi connectivity index (χ2n) is 3.62. The number of carbonyl (C=O) groups excluding carboxylic acids is 1. The standard InChI is InChI=1S/C12H14N2O2/c1-9(2)16-12(15)14-8-11-5-3-10(7-13)4-6-11/h3-6,9H,8H2,1-2H3,(H,14,15). The van der Waals surface area contributed by atoms with E-state index in [1.807, 2.05) is 6.07 Å². The quantitative estimate of drug-likeness (QED) is 0.845. The third-order valence-corrected chi connectivity index (χ3v) is 1.86. The molecule has 0 radical (unpaired) electrons. The summed E-state index contributed by atoms with van der Waals surface area (Å²) in [4.78, 5) is 11.2. The molecule has 16 heavy (non-hydrogen) atoms. The van der Waals surface area contributed by atoms with Crippen LogP contribution in [0.5, 0.6) is 0 Å². The Balaban J connectivity index is 2.43. The van der Waals surface area contributed by atoms with Gasteiger partial charge in [-0.1, -0.05) is 12.1 Å². The number of hydrogen-bond donors (Lipinski definition) is 1. The number of nitrogens with one attached hydrogen (secondary N) is 1. The molecule has 0 fully saturated rings. The van der Waals surface area contributed by atoms with Gasteiger partial charge in [-0.3, -0.25) is 0 Å². The molecule has 0 saturated heterocycles. The molecule has 1 N–H and O–H groups in total. The van der Waals surface area contributed by atoms with Crippen LogP contribution in [0.15, 0.2) is 24.3 Å². The molecule has 4 heteroatoms. The number of ether oxygens (including phenoxy) is 1. The van der Waals surface area contributed by atoms with Crippen LogP contribution in [0.3, 0.4) is 0 Å². The Labute approximate surface area is 94.8 Å². The number of alkyl carbamates (subject to hydrolysis) is 1. The molecular formula is C12H14N2O2. The fourth-order valence-corrected chi connectivity index (χ4v) is 1.13. The van der Waals surface area contributed by atoms with Gasteiger partial charge in [0.2, 0.25) is 0 Å². The highest BCUT2D eigenvalue weighted by Gasteiger charge is 2.03. The van der Waals surface area contributed by atoms with Gasteiger partial charge in [-0.25, -0.2) is 4.79 Å². The summed E-state index contributed by atoms with van der Waals surface area (Å²) in [7, 11) is 0. The maximum atomic E-state index is 11.2. The summed E-state index contributed by atoms with van der Waals surface area (Å²) in [5, 5.41) is 11.2. The smallest absolute Gasteiger partial charge is 0.407 e. The third-order valence-electron chi connectivity index (χ3n) is 1.86. The van der Waals surface area contributed by atoms with Crippen LogP contribution in [0.25, 0.3) is 0 Å². The highest BCUT2D eigenvalue weighted by molar-refractivity contribution is 5.67. The highest BCUT2D eigenvalue weighted by Crippen LogP contribution is 2.03. The van der Waals surface area contributed by atoms with Crippen molar-refractivity contribution < 1.29 is 9.53 Å². The van der Waals surface area contributed by atoms with E-state index in [4.69, 9.17) is 10.00 Å². The monoisotopic (exact) mass is 218 g/mol. The van der Waals surface area contributed by atoms with E-state index in [9.17, 15) is 4.79 Å². The van der Waals surface area contributed by atoms with Crippen LogP contribution in [-0.2, 0) is 11.3 Å². The zero-order chi connectivity index (χ0) is 12.0. The predicted octanol–water partition coefficient (Wildman–Crippen LogP) is 2.19. The molecule has 0 aliphatic rings. The van der Waals surface area contributed by atoms with Gasteiger partial charge in [0.05, 0.1) is 17.7 Å². The molecule has 0 aliphatic carbocycles. The summed E-state index contributed by atoms with van der Waals surface area (Å²) >= 11 is 0. The second-order valence-corrected chi connectivity index (χ2v) is 3.62. The van der Waals surface area contributed by atoms with Crippen molar-refractivity contribution in [3.8, 4) is 6.07 Å². The Bertz CT molecular complexity index is 390. The molecule has 0 spiro atoms. The van der Waals surface area contributed by atoms with E-state index in [-0.39, 0.29) is 6.10 Å². The van der Waals surface area contributed by atoms with Crippen LogP contribution in [0.1, 0.15) is 25.0 Å². The van der Waals surface area contributed by atoms with Gasteiger partial charge in [0.25, 0.3) is 0 Å². The summed E-state index contributed by atoms with van der Waals surface area (Å²) in [5.41, 5.74) is 1.54. The van der Waals surface area contributed by atoms with Gasteiger partial charge in [-0.15, -0.1) is 0 Å². The van der Waals surface area contributed by atoms with E-state index in [2.05, 4.69) is 5.32 Å². The fraction of sp³-hybridized carbons (Fsp3) is 0.333. The largest absolute Gasteiger partial charge is 0.447 e. The Hall–Kier alpha value is -2.02. The Morgan fingerprint density at radius 3 is 2.56 bits per heavy atom. The topological polar surface area (TPSA) is 62.1 Å². The molecular weight excluding hydrogens is 204 g/mol. The van der Waals surface area contributed by atoms with Gasteiger partial charge in [-0.2, -0.15) is 5.26 Å². The minimum atomic E-state index is -0.431. The molecule has 0 heterocycles. The molecule has 0 bridgehead atoms. The minimum Gasteiger partial charge on any atom is -0.447 e. The SMILES string of the molecule is CC(C)OC(=O)NCc1ccc(C#N)cc1. The Kier molecular flexibility index (Phi) is 4.34. The van der Waals surface area contributed by atoms with Crippen LogP contribution in [-0.4, -0.2) is 12.2 Å². The molecule has 0 unspecified atom stereocenters. The lowest BCUT2D eigenvalue weighted by Crippen LogP contribution is -2.26. The Morgan fingerprint density at radius 1 is 1.44 bits per heavy atom. The third kappa shape index (κ3) is 4.01. The van der Waals surface area contributed by atoms with E-state index in [1.165, 1.54) is 0 Å². The summed E-state index contributed by atoms with van der Waals surface area (Å²) in [6, 6.07) is 9.06. The number of carbonyl (C=O) groups is 1. The van der Waals surface area contributed by atoms with Crippen molar-refractivity contribution in [1.29, 1.82) is 5.26 Å². The van der Waals surface area contributed by atoms with Crippen molar-refractivity contribution in [2.45, 2.75) is 26.5 Å². The van der Waals surface area contributed by atoms with Gasteiger partial charge < -0.3 is 10.1 Å². The Morgan fingerprint density at radius 2 is 2.06 bits per heavy atom. The summed E-state index contributed by atoms with van der Waals surface area (Å²) < 4.78 is 4.91. The van der Waals surface area contributed by atoms with Gasteiger partial charge in [0.1, 0.15) is 0 Å². The molecule has 0 saturated carbocycles. The molecule has 0 atom stereocenters. The second kappa shape index (κ2) is 5.76. The zero-order valence-corrected chi connectivity index (χ0v) is 9.36. The number of nitriles is 1. The number of nitrogens with zero attached hydrogens (tertiary/aromatic N) is 1. The first kappa shape index (κ1) is 12.1. The fourth-order valence-electron chi connectivity index (χ4n) is 1.13. The first-order chi connectivity index (χ1) is 7.61. The van der Waals surface area contributed by atoms with Gasteiger partial charge in [-0.05, 0) is 31.5 Å². The van der Waals surface area contributed by atoms with Crippen molar-refractivity contribution in [2.24, 2.45) is 0 Å². The molecule has 1 aromatic rings. The van der Waals surface area contributed by atoms with Crippen LogP contribution in [0.4, 0.5) is 4.79 Å². The number of benzene rings is 1. The average molecular weight is 218 g/mol. The maximum absolute atomic E-state index is 11.2. The van der Waals surface area contributed by atoms with E-state index in [0.29, 0.717) is 12.1 Å². The first-order valence-electron chi connectivity index (χ1n) is 5.05. The average Bonchev–Trinajstić information content (AvgIpc) is 2.26. The molecule has 1 rings (SSSR count). The lowest BCUT2D eigenvalue weighted by molar-refractivity contribution is 0.115. The number of rotatable bonds is 3. The number of amides is 1. The zero-order valence-electron chi connectivity index (χ0n) is 9.36. The first-order valence-corrected chi connectivity index (χ1v) is 5.05. The summed E-state index contributed by atoms with van der Waals surface area (Å²) in [5.74, 6) is 0. The number of hydrogen-bond acceptors (Lipinski definition) is 3. The summed E-state index contributed by atoms with van der Waals surface area (Å²) in [6.07, 6.45) is -0.555. The van der Waals surface area contributed by atoms with Gasteiger partial charge in [0.15, 0.2) is 0 Å². The van der Waals surface area contributed by atoms with Crippen molar-refractivity contribution in [3.63, 3.8) is 0 Å². The van der Waals surface area contributed by atoms with Crippen LogP contribution < -0.4 is 5.32 Å². The molecule has 84 valence electrons. The van der Waals surface area contributed by atoms with E-state index < -0.39 is 6.09 Å². The molecule has 1 aromatic carbocycles. The van der Waals surface area contributed by atoms with Crippen molar-refractivity contribution in [2.75, 3.05) is 0 Å². The highest BCUT2D eigenvalue weighted by atomic mass is 16.6.